The molecule has 8 aromatic rings. The topological polar surface area (TPSA) is 387 Å². The molecule has 0 saturated carbocycles. The van der Waals surface area contributed by atoms with Gasteiger partial charge in [-0.25, -0.2) is 49.5 Å². The molecule has 4 fully saturated rings. The number of aromatic hydroxyl groups is 1. The average molecular weight is 1680 g/mol. The van der Waals surface area contributed by atoms with Crippen molar-refractivity contribution in [2.45, 2.75) is 58.7 Å². The number of carbonyl (C=O) groups is 12. The van der Waals surface area contributed by atoms with Gasteiger partial charge in [-0.15, -0.1) is 0 Å². The van der Waals surface area contributed by atoms with Crippen LogP contribution in [0.3, 0.4) is 0 Å². The van der Waals surface area contributed by atoms with Gasteiger partial charge in [0.15, 0.2) is 0 Å². The number of hydrogen-bond acceptors (Lipinski definition) is 17. The van der Waals surface area contributed by atoms with Gasteiger partial charge in [-0.3, -0.25) is 59.6 Å². The fraction of sp³-hybridized carbons (Fsp3) is 0.181. The van der Waals surface area contributed by atoms with Gasteiger partial charge < -0.3 is 55.4 Å². The normalized spacial score (nSPS) is 20.0. The summed E-state index contributed by atoms with van der Waals surface area (Å²) in [4.78, 5) is 153. The molecule has 8 aromatic carbocycles. The summed E-state index contributed by atoms with van der Waals surface area (Å²) in [7, 11) is -2.56. The van der Waals surface area contributed by atoms with E-state index in [4.69, 9.17) is 9.47 Å². The third-order valence-corrected chi connectivity index (χ3v) is 21.0. The lowest BCUT2D eigenvalue weighted by molar-refractivity contribution is -0.123. The number of carbonyl (C=O) groups excluding carboxylic acids is 12. The number of alkyl halides is 3. The van der Waals surface area contributed by atoms with Crippen LogP contribution in [0, 0.1) is 76.4 Å². The van der Waals surface area contributed by atoms with Crippen LogP contribution < -0.4 is 52.0 Å². The molecule has 0 radical (unpaired) electrons. The number of halogens is 8. The largest absolute Gasteiger partial charge is 0.508 e. The quantitative estimate of drug-likeness (QED) is 0.0419. The second-order valence-corrected chi connectivity index (χ2v) is 29.6. The molecule has 16 amide bonds. The molecule has 121 heavy (non-hydrogen) atoms. The van der Waals surface area contributed by atoms with Crippen molar-refractivity contribution in [2.24, 2.45) is 0 Å². The van der Waals surface area contributed by atoms with E-state index < -0.39 is 137 Å². The van der Waals surface area contributed by atoms with Crippen LogP contribution in [0.2, 0.25) is 0 Å². The predicted octanol–water partition coefficient (Wildman–Crippen LogP) is 5.80. The van der Waals surface area contributed by atoms with E-state index in [2.05, 4.69) is 84.6 Å². The van der Waals surface area contributed by atoms with E-state index in [-0.39, 0.29) is 86.3 Å². The molecule has 38 heteroatoms. The van der Waals surface area contributed by atoms with E-state index in [0.29, 0.717) is 56.5 Å². The van der Waals surface area contributed by atoms with Crippen LogP contribution in [-0.4, -0.2) is 173 Å². The highest BCUT2D eigenvalue weighted by atomic mass is 32.2. The van der Waals surface area contributed by atoms with Crippen molar-refractivity contribution in [1.29, 1.82) is 0 Å². The molecular weight excluding hydrogens is 1620 g/mol. The number of benzene rings is 8. The van der Waals surface area contributed by atoms with Crippen LogP contribution in [0.5, 0.6) is 17.2 Å². The number of urea groups is 4. The first-order chi connectivity index (χ1) is 57.4. The van der Waals surface area contributed by atoms with E-state index in [0.717, 1.165) is 54.1 Å². The molecule has 8 aliphatic rings. The molecular formula is C83H58F8N12O17S. The van der Waals surface area contributed by atoms with Gasteiger partial charge in [0.05, 0.1) is 50.9 Å². The van der Waals surface area contributed by atoms with Gasteiger partial charge in [0, 0.05) is 71.2 Å². The summed E-state index contributed by atoms with van der Waals surface area (Å²) in [5.41, 5.74) is -7.85. The Balaban J connectivity index is 0.000000140. The number of methoxy groups -OCH3 is 2. The molecule has 0 aromatic heterocycles. The van der Waals surface area contributed by atoms with E-state index in [9.17, 15) is 106 Å². The molecule has 0 aliphatic carbocycles. The van der Waals surface area contributed by atoms with E-state index in [1.165, 1.54) is 88.4 Å². The average Bonchev–Trinajstić information content (AvgIpc) is 1.60. The Labute approximate surface area is 679 Å². The lowest BCUT2D eigenvalue weighted by Crippen LogP contribution is -2.54. The second-order valence-electron chi connectivity index (χ2n) is 27.7. The fourth-order valence-electron chi connectivity index (χ4n) is 13.5. The Morgan fingerprint density at radius 1 is 0.388 bits per heavy atom. The van der Waals surface area contributed by atoms with Crippen molar-refractivity contribution < 1.29 is 116 Å². The number of imide groups is 4. The maximum absolute atomic E-state index is 13.9. The van der Waals surface area contributed by atoms with Gasteiger partial charge in [0.25, 0.3) is 57.1 Å². The number of hydrogen-bond donors (Lipinski definition) is 9. The molecule has 4 atom stereocenters. The number of fused-ring (bicyclic) bond motifs is 4. The Kier molecular flexibility index (Phi) is 22.6. The number of amides is 16. The number of ether oxygens (including phenoxy) is 2. The maximum Gasteiger partial charge on any atom is 0.501 e. The Hall–Kier alpha value is -15.6. The molecule has 16 rings (SSSR count). The highest BCUT2D eigenvalue weighted by Crippen LogP contribution is 2.35. The molecule has 9 N–H and O–H groups in total. The SMILES string of the molecule is COc1ccc2c(c1)C(=O)N(C[C@@]1(C#Cc3ccc(S(=O)(=O)C(F)(F)F)cc3)NC(=O)NC1=O)C2.COc1ccc2c(c1)C(=O)N(C[C@@]1(C#Cc3cccc(O)c3)NC(=O)NC1=O)C2.O=C1NC(=O)[C@@](C#Cc2ccc(F)cc2F)(CN2Cc3ccc(F)cc3C2=O)N1.O=C1NC(=O)[C@@](C#Cc2cccc(F)c2)(CN2Cc3ccc(F)cc3C2=O)N1. The van der Waals surface area contributed by atoms with Crippen LogP contribution >= 0.6 is 0 Å². The summed E-state index contributed by atoms with van der Waals surface area (Å²) in [6, 6.07) is 32.7. The van der Waals surface area contributed by atoms with Crippen molar-refractivity contribution in [3.63, 3.8) is 0 Å². The zero-order valence-electron chi connectivity index (χ0n) is 62.4. The molecule has 29 nitrogen and oxygen atoms in total. The Bertz CT molecular complexity index is 6230. The third-order valence-electron chi connectivity index (χ3n) is 19.5. The van der Waals surface area contributed by atoms with Crippen molar-refractivity contribution in [2.75, 3.05) is 40.4 Å². The van der Waals surface area contributed by atoms with Crippen LogP contribution in [0.25, 0.3) is 0 Å². The van der Waals surface area contributed by atoms with Crippen LogP contribution in [0.4, 0.5) is 54.3 Å². The van der Waals surface area contributed by atoms with E-state index in [1.54, 1.807) is 54.6 Å². The Morgan fingerprint density at radius 3 is 1.07 bits per heavy atom. The first kappa shape index (κ1) is 83.4. The van der Waals surface area contributed by atoms with Gasteiger partial charge in [-0.05, 0) is 144 Å². The highest BCUT2D eigenvalue weighted by molar-refractivity contribution is 7.92. The summed E-state index contributed by atoms with van der Waals surface area (Å²) >= 11 is 0. The van der Waals surface area contributed by atoms with Crippen molar-refractivity contribution in [3.8, 4) is 64.6 Å². The lowest BCUT2D eigenvalue weighted by atomic mass is 9.99. The highest BCUT2D eigenvalue weighted by Gasteiger charge is 2.53. The predicted molar refractivity (Wildman–Crippen MR) is 403 cm³/mol. The Morgan fingerprint density at radius 2 is 0.719 bits per heavy atom. The number of rotatable bonds is 11. The first-order valence-corrected chi connectivity index (χ1v) is 37.0. The molecule has 4 saturated heterocycles. The first-order valence-electron chi connectivity index (χ1n) is 35.6. The van der Waals surface area contributed by atoms with Gasteiger partial charge in [-0.2, -0.15) is 13.2 Å². The lowest BCUT2D eigenvalue weighted by Gasteiger charge is -2.26. The molecule has 0 spiro atoms. The van der Waals surface area contributed by atoms with Gasteiger partial charge >= 0.3 is 29.6 Å². The third kappa shape index (κ3) is 17.5. The van der Waals surface area contributed by atoms with Gasteiger partial charge in [0.2, 0.25) is 22.2 Å². The fourth-order valence-corrected chi connectivity index (χ4v) is 14.2. The molecule has 0 unspecified atom stereocenters. The van der Waals surface area contributed by atoms with Crippen molar-refractivity contribution in [1.82, 2.24) is 62.1 Å². The zero-order valence-corrected chi connectivity index (χ0v) is 63.3. The summed E-state index contributed by atoms with van der Waals surface area (Å²) in [5.74, 6) is 14.1. The summed E-state index contributed by atoms with van der Waals surface area (Å²) in [6.45, 7) is -0.323. The number of phenolic OH excluding ortho intramolecular Hbond substituents is 1. The van der Waals surface area contributed by atoms with Crippen molar-refractivity contribution >= 4 is 81.2 Å². The molecule has 8 heterocycles. The summed E-state index contributed by atoms with van der Waals surface area (Å²) in [5, 5.41) is 27.8. The minimum absolute atomic E-state index is 0.0323. The van der Waals surface area contributed by atoms with E-state index in [1.807, 2.05) is 5.32 Å². The van der Waals surface area contributed by atoms with Crippen LogP contribution in [0.1, 0.15) is 85.9 Å². The number of nitrogens with one attached hydrogen (secondary N) is 8. The molecule has 8 aliphatic heterocycles. The number of sulfone groups is 1. The second kappa shape index (κ2) is 32.8. The molecule has 614 valence electrons. The minimum Gasteiger partial charge on any atom is -0.508 e. The van der Waals surface area contributed by atoms with Gasteiger partial charge in [-0.1, -0.05) is 83.8 Å². The van der Waals surface area contributed by atoms with Crippen LogP contribution in [0.15, 0.2) is 169 Å². The van der Waals surface area contributed by atoms with Gasteiger partial charge in [0.1, 0.15) is 46.3 Å². The summed E-state index contributed by atoms with van der Waals surface area (Å²) < 4.78 is 139. The summed E-state index contributed by atoms with van der Waals surface area (Å²) in [6.07, 6.45) is 0. The maximum atomic E-state index is 13.9. The smallest absolute Gasteiger partial charge is 0.501 e. The monoisotopic (exact) mass is 1680 g/mol. The van der Waals surface area contributed by atoms with Crippen molar-refractivity contribution in [3.05, 3.63) is 260 Å². The minimum atomic E-state index is -5.53. The number of nitrogens with zero attached hydrogens (tertiary/aromatic N) is 4. The zero-order chi connectivity index (χ0) is 86.8. The standard InChI is InChI=1S/C22H16F3N3O6S.C21H17N3O5.C20H12F3N3O3.C20H13F2N3O3/c1-34-15-5-4-14-11-28(18(29)17(14)10-15)12-21(19(30)26-20(31)27-21)9-8-13-2-6-16(7-3-13)35(32,33)22(23,24)25;1-29-16-6-5-14-11-24(18(26)17(14)10-16)12-21(19(27)22-20(28)23-21)8-7-13-3-2-4-15(25)9-13;21-13-4-2-12-9-26(17(27)15(12)7-13)10-20(18(28)24-19(29)25-20)6-5-11-1-3-14(22)8-16(11)23;21-14-3-1-2-12(8-14)6-7-20(18(27)23-19(28)24-20)11-25-10-13-4-5-15(22)9-16(13)17(25)26/h2-7,10H,11-12H2,1H3,(H2,26,27,30,31);2-6,9-10,25H,11-12H2,1H3,(H2,22,23,27,28);1-4,7-8H,9-10H2,(H2,24,25,28,29);1-5,8-9H,10-11H2,(H2,23,24,27,28)/t2*21-;2*20-/m1111/s1. The number of phenols is 1. The molecule has 0 bridgehead atoms. The van der Waals surface area contributed by atoms with E-state index >= 15 is 0 Å². The van der Waals surface area contributed by atoms with Crippen LogP contribution in [-0.2, 0) is 55.2 Å².